The molecule has 0 aliphatic carbocycles. The Morgan fingerprint density at radius 1 is 1.23 bits per heavy atom. The van der Waals surface area contributed by atoms with Gasteiger partial charge in [0.25, 0.3) is 0 Å². The van der Waals surface area contributed by atoms with E-state index in [1.54, 1.807) is 42.2 Å². The molecule has 0 saturated carbocycles. The minimum atomic E-state index is -1.18. The highest BCUT2D eigenvalue weighted by Gasteiger charge is 2.15. The largest absolute Gasteiger partial charge is 0.495 e. The lowest BCUT2D eigenvalue weighted by Crippen LogP contribution is -2.07. The fourth-order valence-corrected chi connectivity index (χ4v) is 3.01. The quantitative estimate of drug-likeness (QED) is 0.416. The van der Waals surface area contributed by atoms with Crippen LogP contribution in [0.3, 0.4) is 0 Å². The lowest BCUT2D eigenvalue weighted by atomic mass is 10.2. The molecule has 0 saturated heterocycles. The molecule has 2 N–H and O–H groups in total. The summed E-state index contributed by atoms with van der Waals surface area (Å²) in [5.41, 5.74) is 2.87. The smallest absolute Gasteiger partial charge is 0.358 e. The van der Waals surface area contributed by atoms with Crippen molar-refractivity contribution in [3.05, 3.63) is 54.2 Å². The van der Waals surface area contributed by atoms with Gasteiger partial charge in [0.05, 0.1) is 31.1 Å². The maximum Gasteiger partial charge on any atom is 0.358 e. The van der Waals surface area contributed by atoms with E-state index < -0.39 is 5.97 Å². The molecule has 5 heterocycles. The predicted octanol–water partition coefficient (Wildman–Crippen LogP) is 2.04. The summed E-state index contributed by atoms with van der Waals surface area (Å²) in [6.45, 7) is 0.307. The van der Waals surface area contributed by atoms with Crippen LogP contribution in [0.2, 0.25) is 0 Å². The maximum atomic E-state index is 11.0. The Balaban J connectivity index is 1.44. The number of aromatic carboxylic acids is 1. The summed E-state index contributed by atoms with van der Waals surface area (Å²) in [5.74, 6) is 0.204. The number of nitrogens with one attached hydrogen (secondary N) is 1. The molecule has 0 bridgehead atoms. The van der Waals surface area contributed by atoms with Crippen LogP contribution in [-0.2, 0) is 6.54 Å². The molecule has 5 aromatic rings. The average molecular weight is 418 g/mol. The maximum absolute atomic E-state index is 11.0. The first-order valence-corrected chi connectivity index (χ1v) is 9.07. The van der Waals surface area contributed by atoms with Crippen LogP contribution in [0.25, 0.3) is 28.1 Å². The molecule has 5 aromatic heterocycles. The number of nitrogens with zero attached hydrogens (tertiary/aromatic N) is 7. The molecule has 0 aliphatic heterocycles. The molecule has 0 aliphatic rings. The number of hydrogen-bond donors (Lipinski definition) is 2. The zero-order valence-electron chi connectivity index (χ0n) is 16.1. The first kappa shape index (κ1) is 18.4. The van der Waals surface area contributed by atoms with Crippen molar-refractivity contribution < 1.29 is 19.2 Å². The molecule has 31 heavy (non-hydrogen) atoms. The van der Waals surface area contributed by atoms with Crippen molar-refractivity contribution in [3.63, 3.8) is 0 Å². The molecule has 5 rings (SSSR count). The second kappa shape index (κ2) is 7.33. The van der Waals surface area contributed by atoms with Gasteiger partial charge in [-0.3, -0.25) is 4.98 Å². The number of carbonyl (C=O) groups is 1. The van der Waals surface area contributed by atoms with Crippen molar-refractivity contribution in [2.24, 2.45) is 0 Å². The molecule has 0 unspecified atom stereocenters. The van der Waals surface area contributed by atoms with Gasteiger partial charge in [-0.2, -0.15) is 9.61 Å². The Hall–Kier alpha value is -4.61. The van der Waals surface area contributed by atoms with Crippen LogP contribution in [0.5, 0.6) is 5.75 Å². The summed E-state index contributed by atoms with van der Waals surface area (Å²) in [6.07, 6.45) is 3.30. The van der Waals surface area contributed by atoms with E-state index in [2.05, 4.69) is 35.7 Å². The monoisotopic (exact) mass is 418 g/mol. The van der Waals surface area contributed by atoms with Gasteiger partial charge in [0.2, 0.25) is 0 Å². The molecule has 0 aromatic carbocycles. The number of ether oxygens (including phenoxy) is 1. The summed E-state index contributed by atoms with van der Waals surface area (Å²) in [5, 5.41) is 28.5. The van der Waals surface area contributed by atoms with Gasteiger partial charge in [-0.25, -0.2) is 9.78 Å². The number of fused-ring (bicyclic) bond motifs is 2. The van der Waals surface area contributed by atoms with E-state index in [1.165, 1.54) is 6.07 Å². The molecular formula is C19H14N8O4. The van der Waals surface area contributed by atoms with Gasteiger partial charge in [0, 0.05) is 18.3 Å². The minimum absolute atomic E-state index is 0.198. The highest BCUT2D eigenvalue weighted by Crippen LogP contribution is 2.23. The van der Waals surface area contributed by atoms with E-state index in [4.69, 9.17) is 14.4 Å². The molecule has 0 spiro atoms. The van der Waals surface area contributed by atoms with Gasteiger partial charge >= 0.3 is 5.97 Å². The Labute approximate surface area is 173 Å². The highest BCUT2D eigenvalue weighted by molar-refractivity contribution is 5.88. The van der Waals surface area contributed by atoms with E-state index >= 15 is 0 Å². The Kier molecular flexibility index (Phi) is 4.36. The van der Waals surface area contributed by atoms with Crippen molar-refractivity contribution in [2.45, 2.75) is 6.54 Å². The number of rotatable bonds is 6. The molecule has 12 heteroatoms. The summed E-state index contributed by atoms with van der Waals surface area (Å²) >= 11 is 0. The van der Waals surface area contributed by atoms with Crippen LogP contribution >= 0.6 is 0 Å². The van der Waals surface area contributed by atoms with Crippen LogP contribution in [-0.4, -0.2) is 53.1 Å². The van der Waals surface area contributed by atoms with E-state index in [-0.39, 0.29) is 11.5 Å². The van der Waals surface area contributed by atoms with Crippen LogP contribution in [0.4, 0.5) is 5.69 Å². The number of carboxylic acids is 1. The van der Waals surface area contributed by atoms with Gasteiger partial charge in [-0.15, -0.1) is 10.2 Å². The lowest BCUT2D eigenvalue weighted by molar-refractivity contribution is 0.0686. The normalized spacial score (nSPS) is 11.1. The summed E-state index contributed by atoms with van der Waals surface area (Å²) in [7, 11) is 1.57. The molecule has 0 amide bonds. The summed E-state index contributed by atoms with van der Waals surface area (Å²) < 4.78 is 11.8. The van der Waals surface area contributed by atoms with Crippen molar-refractivity contribution in [1.29, 1.82) is 0 Å². The fourth-order valence-electron chi connectivity index (χ4n) is 3.01. The Morgan fingerprint density at radius 3 is 2.94 bits per heavy atom. The molecule has 12 nitrogen and oxygen atoms in total. The predicted molar refractivity (Wildman–Crippen MR) is 107 cm³/mol. The van der Waals surface area contributed by atoms with Crippen molar-refractivity contribution in [2.75, 3.05) is 12.4 Å². The van der Waals surface area contributed by atoms with Gasteiger partial charge in [-0.1, -0.05) is 5.16 Å². The van der Waals surface area contributed by atoms with Crippen molar-refractivity contribution in [1.82, 2.24) is 34.9 Å². The summed E-state index contributed by atoms with van der Waals surface area (Å²) in [6, 6.07) is 8.28. The lowest BCUT2D eigenvalue weighted by Gasteiger charge is -2.08. The first-order valence-electron chi connectivity index (χ1n) is 9.07. The van der Waals surface area contributed by atoms with Gasteiger partial charge < -0.3 is 19.7 Å². The second-order valence-corrected chi connectivity index (χ2v) is 6.44. The van der Waals surface area contributed by atoms with Crippen LogP contribution < -0.4 is 10.1 Å². The van der Waals surface area contributed by atoms with E-state index in [0.717, 1.165) is 5.69 Å². The second-order valence-electron chi connectivity index (χ2n) is 6.44. The third kappa shape index (κ3) is 3.35. The van der Waals surface area contributed by atoms with E-state index in [9.17, 15) is 4.79 Å². The van der Waals surface area contributed by atoms with Gasteiger partial charge in [0.15, 0.2) is 22.9 Å². The van der Waals surface area contributed by atoms with Gasteiger partial charge in [-0.05, 0) is 18.2 Å². The van der Waals surface area contributed by atoms with Crippen LogP contribution in [0.1, 0.15) is 16.3 Å². The average Bonchev–Trinajstić information content (AvgIpc) is 3.44. The number of carboxylic acid groups (broad SMARTS) is 1. The van der Waals surface area contributed by atoms with Crippen LogP contribution in [0, 0.1) is 0 Å². The van der Waals surface area contributed by atoms with Crippen molar-refractivity contribution >= 4 is 28.3 Å². The number of hydrogen-bond acceptors (Lipinski definition) is 10. The topological polar surface area (TPSA) is 153 Å². The standard InChI is InChI=1S/C19H14N8O4/c1-30-10-6-13-18(22-8-10)12(4-5-20-13)21-9-17-24-23-16-3-2-11(25-27(16)17)15-7-14(19(28)29)26-31-15/h2-8H,9H2,1H3,(H,20,21)(H,28,29). The molecule has 0 radical (unpaired) electrons. The highest BCUT2D eigenvalue weighted by atomic mass is 16.5. The third-order valence-electron chi connectivity index (χ3n) is 4.53. The SMILES string of the molecule is COc1cnc2c(NCc3nnc4ccc(-c5cc(C(=O)O)no5)nn34)ccnc2c1. The third-order valence-corrected chi connectivity index (χ3v) is 4.53. The van der Waals surface area contributed by atoms with E-state index in [1.807, 2.05) is 6.07 Å². The molecule has 0 fully saturated rings. The van der Waals surface area contributed by atoms with E-state index in [0.29, 0.717) is 40.5 Å². The molecule has 154 valence electrons. The fraction of sp³-hybridized carbons (Fsp3) is 0.105. The Morgan fingerprint density at radius 2 is 2.13 bits per heavy atom. The number of aromatic nitrogens is 7. The summed E-state index contributed by atoms with van der Waals surface area (Å²) in [4.78, 5) is 19.8. The Bertz CT molecular complexity index is 1430. The zero-order valence-corrected chi connectivity index (χ0v) is 16.1. The number of methoxy groups -OCH3 is 1. The minimum Gasteiger partial charge on any atom is -0.495 e. The van der Waals surface area contributed by atoms with Gasteiger partial charge in [0.1, 0.15) is 17.0 Å². The zero-order chi connectivity index (χ0) is 21.4. The number of anilines is 1. The number of pyridine rings is 2. The van der Waals surface area contributed by atoms with Crippen molar-refractivity contribution in [3.8, 4) is 17.2 Å². The molecule has 0 atom stereocenters. The molecular weight excluding hydrogens is 404 g/mol. The first-order chi connectivity index (χ1) is 15.1. The van der Waals surface area contributed by atoms with Crippen LogP contribution in [0.15, 0.2) is 47.2 Å².